The van der Waals surface area contributed by atoms with Crippen LogP contribution in [0.1, 0.15) is 26.7 Å². The Kier molecular flexibility index (Phi) is 4.94. The topological polar surface area (TPSA) is 95.9 Å². The molecule has 0 spiro atoms. The molecule has 7 nitrogen and oxygen atoms in total. The fourth-order valence-corrected chi connectivity index (χ4v) is 1.49. The van der Waals surface area contributed by atoms with Crippen LogP contribution in [0.2, 0.25) is 0 Å². The third-order valence-electron chi connectivity index (χ3n) is 2.53. The number of ether oxygens (including phenoxy) is 1. The molecule has 0 bridgehead atoms. The van der Waals surface area contributed by atoms with Gasteiger partial charge in [-0.2, -0.15) is 0 Å². The number of nitrogens with one attached hydrogen (secondary N) is 1. The second-order valence-corrected chi connectivity index (χ2v) is 4.18. The molecule has 1 atom stereocenters. The SMILES string of the molecule is CCOC(=O)C(C)NC(=O)N(CC(=O)O)C1CC1. The van der Waals surface area contributed by atoms with Gasteiger partial charge < -0.3 is 20.1 Å². The summed E-state index contributed by atoms with van der Waals surface area (Å²) in [6, 6.07) is -1.36. The highest BCUT2D eigenvalue weighted by Gasteiger charge is 2.34. The molecule has 2 amide bonds. The van der Waals surface area contributed by atoms with Crippen LogP contribution in [0.25, 0.3) is 0 Å². The highest BCUT2D eigenvalue weighted by Crippen LogP contribution is 2.26. The molecule has 0 aliphatic heterocycles. The predicted molar refractivity (Wildman–Crippen MR) is 62.0 cm³/mol. The number of esters is 1. The normalized spacial score (nSPS) is 15.7. The number of carbonyl (C=O) groups excluding carboxylic acids is 2. The van der Waals surface area contributed by atoms with Gasteiger partial charge in [-0.25, -0.2) is 9.59 Å². The van der Waals surface area contributed by atoms with E-state index >= 15 is 0 Å². The van der Waals surface area contributed by atoms with Gasteiger partial charge in [-0.1, -0.05) is 0 Å². The van der Waals surface area contributed by atoms with Crippen LogP contribution in [-0.2, 0) is 14.3 Å². The third kappa shape index (κ3) is 4.23. The van der Waals surface area contributed by atoms with Gasteiger partial charge >= 0.3 is 18.0 Å². The third-order valence-corrected chi connectivity index (χ3v) is 2.53. The Labute approximate surface area is 105 Å². The van der Waals surface area contributed by atoms with Crippen molar-refractivity contribution in [2.45, 2.75) is 38.8 Å². The Morgan fingerprint density at radius 1 is 1.44 bits per heavy atom. The van der Waals surface area contributed by atoms with Crippen molar-refractivity contribution in [1.29, 1.82) is 0 Å². The Morgan fingerprint density at radius 3 is 2.50 bits per heavy atom. The molecule has 0 heterocycles. The monoisotopic (exact) mass is 258 g/mol. The molecule has 1 aliphatic rings. The van der Waals surface area contributed by atoms with E-state index in [1.54, 1.807) is 6.92 Å². The smallest absolute Gasteiger partial charge is 0.328 e. The lowest BCUT2D eigenvalue weighted by atomic mass is 10.3. The van der Waals surface area contributed by atoms with Gasteiger partial charge in [0.15, 0.2) is 0 Å². The summed E-state index contributed by atoms with van der Waals surface area (Å²) in [5, 5.41) is 11.2. The van der Waals surface area contributed by atoms with Crippen LogP contribution >= 0.6 is 0 Å². The largest absolute Gasteiger partial charge is 0.480 e. The number of amides is 2. The summed E-state index contributed by atoms with van der Waals surface area (Å²) in [4.78, 5) is 35.0. The number of urea groups is 1. The summed E-state index contributed by atoms with van der Waals surface area (Å²) in [5.74, 6) is -1.60. The second-order valence-electron chi connectivity index (χ2n) is 4.18. The first-order chi connectivity index (χ1) is 8.45. The molecule has 102 valence electrons. The van der Waals surface area contributed by atoms with Gasteiger partial charge in [0.1, 0.15) is 12.6 Å². The summed E-state index contributed by atoms with van der Waals surface area (Å²) in [5.41, 5.74) is 0. The van der Waals surface area contributed by atoms with Crippen LogP contribution in [0.3, 0.4) is 0 Å². The Bertz CT molecular complexity index is 340. The molecule has 7 heteroatoms. The second kappa shape index (κ2) is 6.23. The zero-order chi connectivity index (χ0) is 13.7. The highest BCUT2D eigenvalue weighted by atomic mass is 16.5. The minimum Gasteiger partial charge on any atom is -0.480 e. The molecular formula is C11H18N2O5. The van der Waals surface area contributed by atoms with Crippen molar-refractivity contribution in [3.63, 3.8) is 0 Å². The number of rotatable bonds is 6. The molecule has 2 N–H and O–H groups in total. The lowest BCUT2D eigenvalue weighted by Crippen LogP contribution is -2.49. The molecule has 1 unspecified atom stereocenters. The van der Waals surface area contributed by atoms with Crippen LogP contribution in [0.4, 0.5) is 4.79 Å². The Hall–Kier alpha value is -1.79. The molecule has 0 aromatic rings. The minimum atomic E-state index is -1.07. The number of carbonyl (C=O) groups is 3. The lowest BCUT2D eigenvalue weighted by Gasteiger charge is -2.22. The number of nitrogens with zero attached hydrogens (tertiary/aromatic N) is 1. The van der Waals surface area contributed by atoms with Crippen molar-refractivity contribution in [3.8, 4) is 0 Å². The van der Waals surface area contributed by atoms with E-state index in [2.05, 4.69) is 5.32 Å². The summed E-state index contributed by atoms with van der Waals surface area (Å²) in [6.07, 6.45) is 1.60. The van der Waals surface area contributed by atoms with Gasteiger partial charge in [-0.15, -0.1) is 0 Å². The van der Waals surface area contributed by atoms with E-state index in [4.69, 9.17) is 9.84 Å². The van der Waals surface area contributed by atoms with Crippen LogP contribution in [0.15, 0.2) is 0 Å². The van der Waals surface area contributed by atoms with Crippen molar-refractivity contribution in [1.82, 2.24) is 10.2 Å². The molecule has 18 heavy (non-hydrogen) atoms. The lowest BCUT2D eigenvalue weighted by molar-refractivity contribution is -0.144. The van der Waals surface area contributed by atoms with Crippen LogP contribution in [0, 0.1) is 0 Å². The quantitative estimate of drug-likeness (QED) is 0.663. The van der Waals surface area contributed by atoms with Crippen LogP contribution in [-0.4, -0.2) is 53.2 Å². The van der Waals surface area contributed by atoms with Crippen molar-refractivity contribution < 1.29 is 24.2 Å². The van der Waals surface area contributed by atoms with E-state index < -0.39 is 24.0 Å². The van der Waals surface area contributed by atoms with Crippen molar-refractivity contribution in [3.05, 3.63) is 0 Å². The molecule has 1 fully saturated rings. The van der Waals surface area contributed by atoms with E-state index in [9.17, 15) is 14.4 Å². The van der Waals surface area contributed by atoms with Crippen molar-refractivity contribution in [2.24, 2.45) is 0 Å². The fourth-order valence-electron chi connectivity index (χ4n) is 1.49. The molecular weight excluding hydrogens is 240 g/mol. The maximum atomic E-state index is 11.8. The molecule has 1 saturated carbocycles. The maximum Gasteiger partial charge on any atom is 0.328 e. The standard InChI is InChI=1S/C11H18N2O5/c1-3-18-10(16)7(2)12-11(17)13(6-9(14)15)8-4-5-8/h7-8H,3-6H2,1-2H3,(H,12,17)(H,14,15). The van der Waals surface area contributed by atoms with Gasteiger partial charge in [0, 0.05) is 6.04 Å². The van der Waals surface area contributed by atoms with E-state index in [0.29, 0.717) is 0 Å². The number of carboxylic acid groups (broad SMARTS) is 1. The minimum absolute atomic E-state index is 0.0319. The first-order valence-electron chi connectivity index (χ1n) is 5.91. The van der Waals surface area contributed by atoms with Crippen molar-refractivity contribution in [2.75, 3.05) is 13.2 Å². The van der Waals surface area contributed by atoms with Crippen LogP contribution in [0.5, 0.6) is 0 Å². The molecule has 1 aliphatic carbocycles. The molecule has 1 rings (SSSR count). The van der Waals surface area contributed by atoms with E-state index in [0.717, 1.165) is 12.8 Å². The molecule has 0 aromatic heterocycles. The molecule has 0 saturated heterocycles. The predicted octanol–water partition coefficient (Wildman–Crippen LogP) is 0.197. The van der Waals surface area contributed by atoms with Gasteiger partial charge in [-0.05, 0) is 26.7 Å². The molecule has 0 radical (unpaired) electrons. The number of carboxylic acids is 1. The van der Waals surface area contributed by atoms with Gasteiger partial charge in [0.2, 0.25) is 0 Å². The summed E-state index contributed by atoms with van der Waals surface area (Å²) in [7, 11) is 0. The van der Waals surface area contributed by atoms with E-state index in [1.807, 2.05) is 0 Å². The summed E-state index contributed by atoms with van der Waals surface area (Å²) >= 11 is 0. The Morgan fingerprint density at radius 2 is 2.06 bits per heavy atom. The van der Waals surface area contributed by atoms with E-state index in [1.165, 1.54) is 11.8 Å². The first-order valence-corrected chi connectivity index (χ1v) is 5.91. The maximum absolute atomic E-state index is 11.8. The highest BCUT2D eigenvalue weighted by molar-refractivity contribution is 5.85. The van der Waals surface area contributed by atoms with E-state index in [-0.39, 0.29) is 19.2 Å². The summed E-state index contributed by atoms with van der Waals surface area (Å²) < 4.78 is 4.75. The average Bonchev–Trinajstić information content (AvgIpc) is 3.09. The zero-order valence-electron chi connectivity index (χ0n) is 10.5. The number of aliphatic carboxylic acids is 1. The Balaban J connectivity index is 2.50. The van der Waals surface area contributed by atoms with Gasteiger partial charge in [0.25, 0.3) is 0 Å². The first kappa shape index (κ1) is 14.3. The molecule has 0 aromatic carbocycles. The average molecular weight is 258 g/mol. The van der Waals surface area contributed by atoms with Crippen LogP contribution < -0.4 is 5.32 Å². The summed E-state index contributed by atoms with van der Waals surface area (Å²) in [6.45, 7) is 3.06. The van der Waals surface area contributed by atoms with Crippen molar-refractivity contribution >= 4 is 18.0 Å². The fraction of sp³-hybridized carbons (Fsp3) is 0.727. The number of hydrogen-bond donors (Lipinski definition) is 2. The van der Waals surface area contributed by atoms with Gasteiger partial charge in [-0.3, -0.25) is 4.79 Å². The zero-order valence-corrected chi connectivity index (χ0v) is 10.5. The number of hydrogen-bond acceptors (Lipinski definition) is 4. The van der Waals surface area contributed by atoms with Gasteiger partial charge in [0.05, 0.1) is 6.61 Å².